The normalized spacial score (nSPS) is 18.5. The van der Waals surface area contributed by atoms with Crippen LogP contribution in [0.4, 0.5) is 11.5 Å². The number of nitrogens with zero attached hydrogens (tertiary/aromatic N) is 3. The van der Waals surface area contributed by atoms with Crippen molar-refractivity contribution >= 4 is 34.6 Å². The molecule has 2 aromatic carbocycles. The zero-order valence-electron chi connectivity index (χ0n) is 20.2. The first-order valence-corrected chi connectivity index (χ1v) is 12.9. The first-order chi connectivity index (χ1) is 18.3. The number of ketones is 1. The summed E-state index contributed by atoms with van der Waals surface area (Å²) in [4.78, 5) is 37.7. The Morgan fingerprint density at radius 3 is 2.58 bits per heavy atom. The first-order valence-electron chi connectivity index (χ1n) is 12.1. The number of allylic oxidation sites excluding steroid dienone is 2. The molecular formula is C28H22N4O5S. The second kappa shape index (κ2) is 9.07. The SMILES string of the molecule is Cc1nn(-c2ccccc2C(=O)O)c2c1C(c1ccc([N+](=O)[O-])cc1)C1=C(CC(c3cccs3)CC1=O)N2. The molecular weight excluding hydrogens is 504 g/mol. The van der Waals surface area contributed by atoms with Crippen molar-refractivity contribution in [2.75, 3.05) is 5.32 Å². The number of Topliss-reactive ketones (excluding diaryl/α,β-unsaturated/α-hetero) is 1. The van der Waals surface area contributed by atoms with E-state index in [-0.39, 0.29) is 23.0 Å². The van der Waals surface area contributed by atoms with Crippen molar-refractivity contribution in [2.45, 2.75) is 31.6 Å². The van der Waals surface area contributed by atoms with Crippen LogP contribution in [0.15, 0.2) is 77.3 Å². The summed E-state index contributed by atoms with van der Waals surface area (Å²) in [5, 5.41) is 31.3. The fourth-order valence-electron chi connectivity index (χ4n) is 5.54. The molecule has 9 nitrogen and oxygen atoms in total. The molecule has 0 bridgehead atoms. The largest absolute Gasteiger partial charge is 0.478 e. The summed E-state index contributed by atoms with van der Waals surface area (Å²) in [6, 6.07) is 16.9. The molecule has 0 spiro atoms. The minimum atomic E-state index is -1.07. The molecule has 0 saturated heterocycles. The number of aromatic nitrogens is 2. The number of fused-ring (bicyclic) bond motifs is 1. The van der Waals surface area contributed by atoms with Gasteiger partial charge in [-0.25, -0.2) is 9.48 Å². The molecule has 6 rings (SSSR count). The highest BCUT2D eigenvalue weighted by molar-refractivity contribution is 7.10. The van der Waals surface area contributed by atoms with Gasteiger partial charge in [0.15, 0.2) is 5.78 Å². The number of carboxylic acid groups (broad SMARTS) is 1. The number of hydrogen-bond acceptors (Lipinski definition) is 7. The number of carbonyl (C=O) groups is 2. The van der Waals surface area contributed by atoms with Crippen molar-refractivity contribution in [3.8, 4) is 5.69 Å². The van der Waals surface area contributed by atoms with Crippen molar-refractivity contribution in [1.29, 1.82) is 0 Å². The monoisotopic (exact) mass is 526 g/mol. The number of benzene rings is 2. The average molecular weight is 527 g/mol. The maximum absolute atomic E-state index is 13.7. The van der Waals surface area contributed by atoms with E-state index in [9.17, 15) is 24.8 Å². The van der Waals surface area contributed by atoms with Gasteiger partial charge in [-0.3, -0.25) is 14.9 Å². The Balaban J connectivity index is 1.56. The van der Waals surface area contributed by atoms with Crippen LogP contribution in [-0.2, 0) is 4.79 Å². The summed E-state index contributed by atoms with van der Waals surface area (Å²) in [7, 11) is 0. The van der Waals surface area contributed by atoms with Gasteiger partial charge in [0.2, 0.25) is 0 Å². The molecule has 10 heteroatoms. The van der Waals surface area contributed by atoms with Crippen LogP contribution >= 0.6 is 11.3 Å². The Morgan fingerprint density at radius 2 is 1.89 bits per heavy atom. The standard InChI is InChI=1S/C28H22N4O5S/c1-15-24-25(16-8-10-18(11-9-16)32(36)37)26-20(13-17(14-22(26)33)23-7-4-12-38-23)29-27(24)31(30-15)21-6-3-2-5-19(21)28(34)35/h2-12,17,25,29H,13-14H2,1H3,(H,34,35). The van der Waals surface area contributed by atoms with Crippen LogP contribution in [0.3, 0.4) is 0 Å². The third kappa shape index (κ3) is 3.81. The van der Waals surface area contributed by atoms with Gasteiger partial charge in [0.25, 0.3) is 5.69 Å². The maximum Gasteiger partial charge on any atom is 0.337 e. The van der Waals surface area contributed by atoms with E-state index in [4.69, 9.17) is 5.10 Å². The molecule has 2 N–H and O–H groups in total. The maximum atomic E-state index is 13.7. The summed E-state index contributed by atoms with van der Waals surface area (Å²) >= 11 is 1.62. The number of nitro benzene ring substituents is 1. The topological polar surface area (TPSA) is 127 Å². The summed E-state index contributed by atoms with van der Waals surface area (Å²) in [6.07, 6.45) is 0.976. The Labute approximate surface area is 221 Å². The summed E-state index contributed by atoms with van der Waals surface area (Å²) in [5.74, 6) is -0.931. The van der Waals surface area contributed by atoms with E-state index in [1.54, 1.807) is 46.4 Å². The van der Waals surface area contributed by atoms with E-state index < -0.39 is 16.8 Å². The zero-order valence-corrected chi connectivity index (χ0v) is 21.1. The Kier molecular flexibility index (Phi) is 5.68. The third-order valence-electron chi connectivity index (χ3n) is 7.21. The highest BCUT2D eigenvalue weighted by Crippen LogP contribution is 2.50. The first kappa shape index (κ1) is 23.8. The minimum Gasteiger partial charge on any atom is -0.478 e. The van der Waals surface area contributed by atoms with Crippen LogP contribution in [0.1, 0.15) is 56.7 Å². The molecule has 190 valence electrons. The average Bonchev–Trinajstić information content (AvgIpc) is 3.56. The molecule has 38 heavy (non-hydrogen) atoms. The molecule has 2 atom stereocenters. The number of para-hydroxylation sites is 1. The molecule has 2 unspecified atom stereocenters. The Bertz CT molecular complexity index is 1640. The number of nitrogens with one attached hydrogen (secondary N) is 1. The molecule has 0 saturated carbocycles. The van der Waals surface area contributed by atoms with Crippen LogP contribution in [0.2, 0.25) is 0 Å². The lowest BCUT2D eigenvalue weighted by atomic mass is 9.73. The van der Waals surface area contributed by atoms with Gasteiger partial charge in [-0.15, -0.1) is 11.3 Å². The van der Waals surface area contributed by atoms with Crippen molar-refractivity contribution in [3.05, 3.63) is 115 Å². The Hall–Kier alpha value is -4.57. The molecule has 0 radical (unpaired) electrons. The molecule has 3 heterocycles. The molecule has 4 aromatic rings. The van der Waals surface area contributed by atoms with Crippen molar-refractivity contribution in [3.63, 3.8) is 0 Å². The molecule has 1 aliphatic heterocycles. The van der Waals surface area contributed by atoms with E-state index in [0.717, 1.165) is 21.7 Å². The number of aryl methyl sites for hydroxylation is 1. The second-order valence-corrected chi connectivity index (χ2v) is 10.4. The van der Waals surface area contributed by atoms with Gasteiger partial charge in [0.1, 0.15) is 5.82 Å². The van der Waals surface area contributed by atoms with Crippen molar-refractivity contribution in [2.24, 2.45) is 0 Å². The number of rotatable bonds is 5. The van der Waals surface area contributed by atoms with Gasteiger partial charge in [-0.2, -0.15) is 5.10 Å². The van der Waals surface area contributed by atoms with Crippen LogP contribution in [0, 0.1) is 17.0 Å². The number of carbonyl (C=O) groups excluding carboxylic acids is 1. The highest BCUT2D eigenvalue weighted by atomic mass is 32.1. The number of anilines is 1. The summed E-state index contributed by atoms with van der Waals surface area (Å²) < 4.78 is 1.59. The third-order valence-corrected chi connectivity index (χ3v) is 8.24. The van der Waals surface area contributed by atoms with E-state index >= 15 is 0 Å². The number of non-ortho nitro benzene ring substituents is 1. The van der Waals surface area contributed by atoms with E-state index in [1.807, 2.05) is 24.4 Å². The predicted molar refractivity (Wildman–Crippen MR) is 142 cm³/mol. The number of aromatic carboxylic acids is 1. The lowest BCUT2D eigenvalue weighted by Crippen LogP contribution is -2.30. The summed E-state index contributed by atoms with van der Waals surface area (Å²) in [6.45, 7) is 1.83. The quantitative estimate of drug-likeness (QED) is 0.248. The number of nitro groups is 1. The highest BCUT2D eigenvalue weighted by Gasteiger charge is 2.41. The summed E-state index contributed by atoms with van der Waals surface area (Å²) in [5.41, 5.74) is 3.99. The van der Waals surface area contributed by atoms with Crippen LogP contribution in [0.5, 0.6) is 0 Å². The number of thiophene rings is 1. The molecule has 0 amide bonds. The molecule has 2 aromatic heterocycles. The number of hydrogen-bond donors (Lipinski definition) is 2. The van der Waals surface area contributed by atoms with E-state index in [0.29, 0.717) is 35.6 Å². The number of carboxylic acids is 1. The van der Waals surface area contributed by atoms with Crippen molar-refractivity contribution < 1.29 is 19.6 Å². The Morgan fingerprint density at radius 1 is 1.13 bits per heavy atom. The fraction of sp³-hybridized carbons (Fsp3) is 0.179. The van der Waals surface area contributed by atoms with Crippen molar-refractivity contribution in [1.82, 2.24) is 9.78 Å². The van der Waals surface area contributed by atoms with Crippen LogP contribution < -0.4 is 5.32 Å². The van der Waals surface area contributed by atoms with E-state index in [2.05, 4.69) is 5.32 Å². The van der Waals surface area contributed by atoms with Crippen LogP contribution in [0.25, 0.3) is 5.69 Å². The zero-order chi connectivity index (χ0) is 26.6. The second-order valence-electron chi connectivity index (χ2n) is 9.42. The van der Waals surface area contributed by atoms with Gasteiger partial charge in [0, 0.05) is 52.1 Å². The lowest BCUT2D eigenvalue weighted by Gasteiger charge is -2.35. The van der Waals surface area contributed by atoms with Crippen LogP contribution in [-0.4, -0.2) is 31.6 Å². The van der Waals surface area contributed by atoms with Gasteiger partial charge in [-0.05, 0) is 42.5 Å². The van der Waals surface area contributed by atoms with Gasteiger partial charge in [-0.1, -0.05) is 30.3 Å². The minimum absolute atomic E-state index is 0.0178. The molecule has 0 fully saturated rings. The smallest absolute Gasteiger partial charge is 0.337 e. The molecule has 2 aliphatic rings. The van der Waals surface area contributed by atoms with Gasteiger partial charge >= 0.3 is 5.97 Å². The van der Waals surface area contributed by atoms with Gasteiger partial charge < -0.3 is 10.4 Å². The predicted octanol–water partition coefficient (Wildman–Crippen LogP) is 5.81. The molecule has 1 aliphatic carbocycles. The lowest BCUT2D eigenvalue weighted by molar-refractivity contribution is -0.384. The fourth-order valence-corrected chi connectivity index (χ4v) is 6.37. The van der Waals surface area contributed by atoms with E-state index in [1.165, 1.54) is 18.2 Å². The van der Waals surface area contributed by atoms with Gasteiger partial charge in [0.05, 0.1) is 21.9 Å².